The van der Waals surface area contributed by atoms with Crippen molar-refractivity contribution in [2.24, 2.45) is 29.4 Å². The molecule has 0 saturated heterocycles. The number of rotatable bonds is 5. The average Bonchev–Trinajstić information content (AvgIpc) is 2.74. The Kier molecular flexibility index (Phi) is 5.07. The molecule has 1 aromatic heterocycles. The van der Waals surface area contributed by atoms with Gasteiger partial charge in [0.15, 0.2) is 0 Å². The Morgan fingerprint density at radius 2 is 2.05 bits per heavy atom. The monoisotopic (exact) mass is 292 g/mol. The van der Waals surface area contributed by atoms with Crippen molar-refractivity contribution in [3.8, 4) is 0 Å². The van der Waals surface area contributed by atoms with Crippen molar-refractivity contribution in [2.45, 2.75) is 72.4 Å². The molecular weight excluding hydrogens is 260 g/mol. The van der Waals surface area contributed by atoms with Gasteiger partial charge in [0, 0.05) is 18.5 Å². The van der Waals surface area contributed by atoms with Crippen LogP contribution < -0.4 is 5.73 Å². The van der Waals surface area contributed by atoms with Crippen LogP contribution in [0.5, 0.6) is 0 Å². The van der Waals surface area contributed by atoms with Crippen LogP contribution in [0.1, 0.15) is 59.7 Å². The van der Waals surface area contributed by atoms with Crippen molar-refractivity contribution in [2.75, 3.05) is 0 Å². The summed E-state index contributed by atoms with van der Waals surface area (Å²) in [6, 6.07) is 0. The largest absolute Gasteiger partial charge is 0.324 e. The average molecular weight is 292 g/mol. The van der Waals surface area contributed by atoms with Crippen LogP contribution in [0.3, 0.4) is 0 Å². The molecule has 0 bridgehead atoms. The predicted molar refractivity (Wildman–Crippen MR) is 86.8 cm³/mol. The van der Waals surface area contributed by atoms with Gasteiger partial charge in [-0.05, 0) is 36.5 Å². The second-order valence-electron chi connectivity index (χ2n) is 7.90. The van der Waals surface area contributed by atoms with Crippen LogP contribution >= 0.6 is 0 Å². The Bertz CT molecular complexity index is 451. The topological polar surface area (TPSA) is 56.7 Å². The maximum absolute atomic E-state index is 6.90. The fourth-order valence-electron chi connectivity index (χ4n) is 4.07. The summed E-state index contributed by atoms with van der Waals surface area (Å²) in [5.41, 5.74) is 6.77. The van der Waals surface area contributed by atoms with Crippen LogP contribution in [0.4, 0.5) is 0 Å². The molecule has 3 unspecified atom stereocenters. The molecule has 1 saturated carbocycles. The molecule has 0 aromatic carbocycles. The predicted octanol–water partition coefficient (Wildman–Crippen LogP) is 3.27. The molecule has 1 aromatic rings. The van der Waals surface area contributed by atoms with E-state index in [2.05, 4.69) is 49.4 Å². The van der Waals surface area contributed by atoms with E-state index in [-0.39, 0.29) is 5.54 Å². The van der Waals surface area contributed by atoms with E-state index in [0.717, 1.165) is 25.2 Å². The van der Waals surface area contributed by atoms with Gasteiger partial charge in [0.25, 0.3) is 0 Å². The molecular formula is C17H32N4. The van der Waals surface area contributed by atoms with E-state index < -0.39 is 0 Å². The van der Waals surface area contributed by atoms with E-state index in [1.807, 2.05) is 0 Å². The Morgan fingerprint density at radius 3 is 2.67 bits per heavy atom. The summed E-state index contributed by atoms with van der Waals surface area (Å²) >= 11 is 0. The Balaban J connectivity index is 2.20. The van der Waals surface area contributed by atoms with E-state index in [1.165, 1.54) is 12.8 Å². The standard InChI is InChI=1S/C17H32N4/c1-12(2)10-21-16(19-11-20-21)9-17(18)8-14(5)6-7-15(17)13(3)4/h11-15H,6-10,18H2,1-5H3. The van der Waals surface area contributed by atoms with Gasteiger partial charge in [-0.3, -0.25) is 0 Å². The van der Waals surface area contributed by atoms with Crippen LogP contribution in [-0.4, -0.2) is 20.3 Å². The van der Waals surface area contributed by atoms with Crippen LogP contribution in [0.25, 0.3) is 0 Å². The Labute approximate surface area is 129 Å². The third-order valence-electron chi connectivity index (χ3n) is 4.96. The van der Waals surface area contributed by atoms with Crippen molar-refractivity contribution in [1.82, 2.24) is 14.8 Å². The minimum absolute atomic E-state index is 0.131. The van der Waals surface area contributed by atoms with E-state index in [4.69, 9.17) is 5.73 Å². The molecule has 0 amide bonds. The van der Waals surface area contributed by atoms with Crippen LogP contribution in [-0.2, 0) is 13.0 Å². The van der Waals surface area contributed by atoms with Crippen molar-refractivity contribution < 1.29 is 0 Å². The van der Waals surface area contributed by atoms with Gasteiger partial charge in [0.2, 0.25) is 0 Å². The Morgan fingerprint density at radius 1 is 1.33 bits per heavy atom. The molecule has 2 rings (SSSR count). The smallest absolute Gasteiger partial charge is 0.138 e. The van der Waals surface area contributed by atoms with Crippen molar-refractivity contribution in [1.29, 1.82) is 0 Å². The first-order valence-electron chi connectivity index (χ1n) is 8.47. The summed E-state index contributed by atoms with van der Waals surface area (Å²) in [5.74, 6) is 3.56. The maximum Gasteiger partial charge on any atom is 0.138 e. The van der Waals surface area contributed by atoms with Crippen LogP contribution in [0.2, 0.25) is 0 Å². The minimum Gasteiger partial charge on any atom is -0.324 e. The highest BCUT2D eigenvalue weighted by atomic mass is 15.3. The van der Waals surface area contributed by atoms with Crippen molar-refractivity contribution in [3.63, 3.8) is 0 Å². The van der Waals surface area contributed by atoms with E-state index in [9.17, 15) is 0 Å². The summed E-state index contributed by atoms with van der Waals surface area (Å²) in [4.78, 5) is 4.50. The summed E-state index contributed by atoms with van der Waals surface area (Å²) < 4.78 is 2.05. The lowest BCUT2D eigenvalue weighted by atomic mass is 9.64. The summed E-state index contributed by atoms with van der Waals surface area (Å²) in [6.07, 6.45) is 6.18. The molecule has 4 nitrogen and oxygen atoms in total. The summed E-state index contributed by atoms with van der Waals surface area (Å²) in [7, 11) is 0. The molecule has 1 aliphatic rings. The molecule has 4 heteroatoms. The normalized spacial score (nSPS) is 30.3. The quantitative estimate of drug-likeness (QED) is 0.906. The number of hydrogen-bond donors (Lipinski definition) is 1. The van der Waals surface area contributed by atoms with Gasteiger partial charge in [-0.2, -0.15) is 5.10 Å². The molecule has 2 N–H and O–H groups in total. The van der Waals surface area contributed by atoms with Gasteiger partial charge < -0.3 is 5.73 Å². The highest BCUT2D eigenvalue weighted by molar-refractivity contribution is 5.04. The van der Waals surface area contributed by atoms with Crippen LogP contribution in [0, 0.1) is 23.7 Å². The molecule has 1 heterocycles. The highest BCUT2D eigenvalue weighted by Gasteiger charge is 2.42. The van der Waals surface area contributed by atoms with E-state index in [0.29, 0.717) is 23.7 Å². The van der Waals surface area contributed by atoms with Gasteiger partial charge in [-0.25, -0.2) is 9.67 Å². The first kappa shape index (κ1) is 16.5. The zero-order valence-electron chi connectivity index (χ0n) is 14.3. The molecule has 1 aliphatic carbocycles. The third-order valence-corrected chi connectivity index (χ3v) is 4.96. The second-order valence-corrected chi connectivity index (χ2v) is 7.90. The first-order valence-corrected chi connectivity index (χ1v) is 8.47. The van der Waals surface area contributed by atoms with Gasteiger partial charge in [-0.15, -0.1) is 0 Å². The SMILES string of the molecule is CC(C)Cn1ncnc1CC1(N)CC(C)CCC1C(C)C. The highest BCUT2D eigenvalue weighted by Crippen LogP contribution is 2.41. The molecule has 120 valence electrons. The van der Waals surface area contributed by atoms with Crippen molar-refractivity contribution >= 4 is 0 Å². The van der Waals surface area contributed by atoms with E-state index >= 15 is 0 Å². The fraction of sp³-hybridized carbons (Fsp3) is 0.882. The van der Waals surface area contributed by atoms with Crippen LogP contribution in [0.15, 0.2) is 6.33 Å². The van der Waals surface area contributed by atoms with Gasteiger partial charge >= 0.3 is 0 Å². The van der Waals surface area contributed by atoms with Gasteiger partial charge in [0.1, 0.15) is 12.2 Å². The number of aromatic nitrogens is 3. The third kappa shape index (κ3) is 3.85. The minimum atomic E-state index is -0.131. The first-order chi connectivity index (χ1) is 9.82. The Hall–Kier alpha value is -0.900. The summed E-state index contributed by atoms with van der Waals surface area (Å²) in [5, 5.41) is 4.39. The van der Waals surface area contributed by atoms with E-state index in [1.54, 1.807) is 6.33 Å². The van der Waals surface area contributed by atoms with Gasteiger partial charge in [0.05, 0.1) is 0 Å². The molecule has 1 fully saturated rings. The lowest BCUT2D eigenvalue weighted by Crippen LogP contribution is -2.54. The number of hydrogen-bond acceptors (Lipinski definition) is 3. The second kappa shape index (κ2) is 6.47. The maximum atomic E-state index is 6.90. The fourth-order valence-corrected chi connectivity index (χ4v) is 4.07. The molecule has 21 heavy (non-hydrogen) atoms. The molecule has 0 spiro atoms. The molecule has 0 aliphatic heterocycles. The van der Waals surface area contributed by atoms with Gasteiger partial charge in [-0.1, -0.05) is 41.0 Å². The summed E-state index contributed by atoms with van der Waals surface area (Å²) in [6.45, 7) is 12.3. The molecule has 3 atom stereocenters. The number of nitrogens with two attached hydrogens (primary N) is 1. The lowest BCUT2D eigenvalue weighted by Gasteiger charge is -2.45. The van der Waals surface area contributed by atoms with Crippen molar-refractivity contribution in [3.05, 3.63) is 12.2 Å². The molecule has 0 radical (unpaired) electrons. The lowest BCUT2D eigenvalue weighted by molar-refractivity contribution is 0.106. The zero-order chi connectivity index (χ0) is 15.6. The zero-order valence-corrected chi connectivity index (χ0v) is 14.3. The number of nitrogens with zero attached hydrogens (tertiary/aromatic N) is 3.